The maximum atomic E-state index is 10.4. The fourth-order valence-electron chi connectivity index (χ4n) is 4.87. The predicted octanol–water partition coefficient (Wildman–Crippen LogP) is 9.75. The third-order valence-corrected chi connectivity index (χ3v) is 7.35. The number of carboxylic acid groups (broad SMARTS) is 1. The highest BCUT2D eigenvalue weighted by atomic mass is 16.8. The number of aliphatic hydroxyl groups excluding tert-OH is 1. The van der Waals surface area contributed by atoms with Gasteiger partial charge in [0.1, 0.15) is 6.61 Å². The average Bonchev–Trinajstić information content (AvgIpc) is 3.34. The molecule has 2 N–H and O–H groups in total. The number of carboxylic acids is 1. The number of unbranched alkanes of at least 4 members (excludes halogenated alkanes) is 24. The molecule has 0 saturated carbocycles. The largest absolute Gasteiger partial charge is 0.508 e. The molecule has 0 amide bonds. The highest BCUT2D eigenvalue weighted by molar-refractivity contribution is 5.66. The molecule has 1 rings (SSSR count). The highest BCUT2D eigenvalue weighted by Gasteiger charge is 2.23. The van der Waals surface area contributed by atoms with E-state index in [1.165, 1.54) is 148 Å². The van der Waals surface area contributed by atoms with Crippen LogP contribution in [0.1, 0.15) is 174 Å². The summed E-state index contributed by atoms with van der Waals surface area (Å²) in [6.07, 6.45) is 33.9. The smallest absolute Gasteiger partial charge is 0.481 e. The van der Waals surface area contributed by atoms with Gasteiger partial charge in [0.2, 0.25) is 0 Å². The average molecular weight is 543 g/mol. The first-order valence-electron chi connectivity index (χ1n) is 16.3. The molecule has 0 radical (unpaired) electrons. The first kappa shape index (κ1) is 36.7. The SMILES string of the molecule is CCCCCCCCCCCCCCCCCCCCCCCCCCCC(=O)O.O=C1OCC(CO)O1. The van der Waals surface area contributed by atoms with Crippen LogP contribution >= 0.6 is 0 Å². The van der Waals surface area contributed by atoms with E-state index in [2.05, 4.69) is 16.4 Å². The Morgan fingerprint density at radius 1 is 0.632 bits per heavy atom. The molecule has 0 spiro atoms. The van der Waals surface area contributed by atoms with Gasteiger partial charge >= 0.3 is 12.1 Å². The third-order valence-electron chi connectivity index (χ3n) is 7.35. The molecule has 226 valence electrons. The minimum atomic E-state index is -0.691. The number of carbonyl (C=O) groups excluding carboxylic acids is 1. The van der Waals surface area contributed by atoms with Crippen LogP contribution in [0.15, 0.2) is 0 Å². The lowest BCUT2D eigenvalue weighted by Gasteiger charge is -2.04. The number of rotatable bonds is 27. The van der Waals surface area contributed by atoms with Gasteiger partial charge in [-0.3, -0.25) is 4.79 Å². The Bertz CT molecular complexity index is 510. The van der Waals surface area contributed by atoms with E-state index in [-0.39, 0.29) is 13.2 Å². The lowest BCUT2D eigenvalue weighted by atomic mass is 10.0. The molecular weight excluding hydrogens is 480 g/mol. The molecule has 6 heteroatoms. The minimum absolute atomic E-state index is 0.161. The van der Waals surface area contributed by atoms with Crippen molar-refractivity contribution in [2.24, 2.45) is 0 Å². The molecule has 0 aromatic heterocycles. The van der Waals surface area contributed by atoms with Crippen LogP contribution in [0.4, 0.5) is 4.79 Å². The summed E-state index contributed by atoms with van der Waals surface area (Å²) in [6, 6.07) is 0. The van der Waals surface area contributed by atoms with Crippen LogP contribution in [0.5, 0.6) is 0 Å². The van der Waals surface area contributed by atoms with Crippen molar-refractivity contribution in [1.82, 2.24) is 0 Å². The van der Waals surface area contributed by atoms with Crippen molar-refractivity contribution in [2.45, 2.75) is 180 Å². The molecule has 38 heavy (non-hydrogen) atoms. The van der Waals surface area contributed by atoms with Gasteiger partial charge in [-0.25, -0.2) is 4.79 Å². The Morgan fingerprint density at radius 3 is 1.16 bits per heavy atom. The first-order chi connectivity index (χ1) is 18.6. The Balaban J connectivity index is 0.00000144. The normalized spacial score (nSPS) is 14.6. The van der Waals surface area contributed by atoms with E-state index in [9.17, 15) is 9.59 Å². The number of aliphatic carboxylic acids is 1. The molecule has 1 aliphatic heterocycles. The van der Waals surface area contributed by atoms with Crippen LogP contribution in [0, 0.1) is 0 Å². The molecule has 1 heterocycles. The summed E-state index contributed by atoms with van der Waals surface area (Å²) in [4.78, 5) is 20.5. The number of hydrogen-bond donors (Lipinski definition) is 2. The second-order valence-electron chi connectivity index (χ2n) is 11.1. The van der Waals surface area contributed by atoms with Gasteiger partial charge in [0.15, 0.2) is 6.10 Å². The Morgan fingerprint density at radius 2 is 0.947 bits per heavy atom. The standard InChI is InChI=1S/C28H56O2.C4H6O4/c1-2-3-4-5-6-7-8-9-10-11-12-13-14-15-16-17-18-19-20-21-22-23-24-25-26-27-28(29)30;5-1-3-2-7-4(6)8-3/h2-27H2,1H3,(H,29,30);3,5H,1-2H2. The van der Waals surface area contributed by atoms with Crippen molar-refractivity contribution < 1.29 is 29.3 Å². The first-order valence-corrected chi connectivity index (χ1v) is 16.3. The maximum absolute atomic E-state index is 10.4. The molecule has 0 aromatic carbocycles. The predicted molar refractivity (Wildman–Crippen MR) is 157 cm³/mol. The van der Waals surface area contributed by atoms with Gasteiger partial charge in [-0.2, -0.15) is 0 Å². The molecule has 1 aliphatic rings. The van der Waals surface area contributed by atoms with E-state index in [4.69, 9.17) is 10.2 Å². The van der Waals surface area contributed by atoms with Crippen molar-refractivity contribution in [1.29, 1.82) is 0 Å². The summed E-state index contributed by atoms with van der Waals surface area (Å²) in [5.41, 5.74) is 0. The quantitative estimate of drug-likeness (QED) is 0.0792. The summed E-state index contributed by atoms with van der Waals surface area (Å²) < 4.78 is 8.73. The summed E-state index contributed by atoms with van der Waals surface area (Å²) >= 11 is 0. The minimum Gasteiger partial charge on any atom is -0.481 e. The highest BCUT2D eigenvalue weighted by Crippen LogP contribution is 2.16. The van der Waals surface area contributed by atoms with Crippen LogP contribution in [0.2, 0.25) is 0 Å². The molecule has 1 atom stereocenters. The summed E-state index contributed by atoms with van der Waals surface area (Å²) in [6.45, 7) is 2.31. The summed E-state index contributed by atoms with van der Waals surface area (Å²) in [7, 11) is 0. The zero-order chi connectivity index (χ0) is 27.9. The Labute approximate surface area is 234 Å². The van der Waals surface area contributed by atoms with Gasteiger partial charge in [-0.1, -0.05) is 161 Å². The van der Waals surface area contributed by atoms with Crippen LogP contribution in [-0.2, 0) is 14.3 Å². The lowest BCUT2D eigenvalue weighted by Crippen LogP contribution is -2.14. The monoisotopic (exact) mass is 542 g/mol. The van der Waals surface area contributed by atoms with Crippen molar-refractivity contribution in [3.8, 4) is 0 Å². The topological polar surface area (TPSA) is 93.1 Å². The molecule has 6 nitrogen and oxygen atoms in total. The maximum Gasteiger partial charge on any atom is 0.508 e. The number of hydrogen-bond acceptors (Lipinski definition) is 5. The number of carbonyl (C=O) groups is 2. The van der Waals surface area contributed by atoms with Crippen LogP contribution in [0.3, 0.4) is 0 Å². The number of ether oxygens (including phenoxy) is 2. The van der Waals surface area contributed by atoms with Gasteiger partial charge in [0, 0.05) is 6.42 Å². The van der Waals surface area contributed by atoms with Gasteiger partial charge in [-0.05, 0) is 6.42 Å². The van der Waals surface area contributed by atoms with E-state index in [0.29, 0.717) is 6.42 Å². The molecule has 0 aromatic rings. The van der Waals surface area contributed by atoms with Gasteiger partial charge in [0.25, 0.3) is 0 Å². The van der Waals surface area contributed by atoms with Gasteiger partial charge < -0.3 is 19.7 Å². The molecule has 1 unspecified atom stereocenters. The van der Waals surface area contributed by atoms with E-state index in [0.717, 1.165) is 12.8 Å². The Kier molecular flexibility index (Phi) is 29.2. The van der Waals surface area contributed by atoms with E-state index >= 15 is 0 Å². The second kappa shape index (κ2) is 30.2. The summed E-state index contributed by atoms with van der Waals surface area (Å²) in [5, 5.41) is 16.9. The zero-order valence-corrected chi connectivity index (χ0v) is 24.9. The van der Waals surface area contributed by atoms with Crippen LogP contribution in [0.25, 0.3) is 0 Å². The second-order valence-corrected chi connectivity index (χ2v) is 11.1. The molecular formula is C32H62O6. The van der Waals surface area contributed by atoms with Crippen molar-refractivity contribution in [3.05, 3.63) is 0 Å². The van der Waals surface area contributed by atoms with Crippen molar-refractivity contribution in [2.75, 3.05) is 13.2 Å². The fraction of sp³-hybridized carbons (Fsp3) is 0.938. The van der Waals surface area contributed by atoms with E-state index < -0.39 is 18.2 Å². The molecule has 0 bridgehead atoms. The molecule has 0 aliphatic carbocycles. The van der Waals surface area contributed by atoms with E-state index in [1.807, 2.05) is 0 Å². The van der Waals surface area contributed by atoms with Gasteiger partial charge in [0.05, 0.1) is 6.61 Å². The van der Waals surface area contributed by atoms with Crippen LogP contribution in [-0.4, -0.2) is 41.7 Å². The lowest BCUT2D eigenvalue weighted by molar-refractivity contribution is -0.137. The van der Waals surface area contributed by atoms with Crippen LogP contribution < -0.4 is 0 Å². The summed E-state index contributed by atoms with van der Waals surface area (Å²) in [5.74, 6) is -0.649. The van der Waals surface area contributed by atoms with E-state index in [1.54, 1.807) is 0 Å². The van der Waals surface area contributed by atoms with Crippen molar-refractivity contribution in [3.63, 3.8) is 0 Å². The molecule has 1 saturated heterocycles. The third kappa shape index (κ3) is 29.3. The van der Waals surface area contributed by atoms with Gasteiger partial charge in [-0.15, -0.1) is 0 Å². The number of aliphatic hydroxyl groups is 1. The number of cyclic esters (lactones) is 2. The van der Waals surface area contributed by atoms with Crippen molar-refractivity contribution >= 4 is 12.1 Å². The Hall–Kier alpha value is -1.30. The molecule has 1 fully saturated rings. The fourth-order valence-corrected chi connectivity index (χ4v) is 4.87. The zero-order valence-electron chi connectivity index (χ0n) is 24.9.